The number of nitro groups is 1. The van der Waals surface area contributed by atoms with Crippen LogP contribution in [0.4, 0.5) is 11.4 Å². The first kappa shape index (κ1) is 18.4. The quantitative estimate of drug-likeness (QED) is 0.613. The third kappa shape index (κ3) is 3.99. The van der Waals surface area contributed by atoms with Crippen molar-refractivity contribution in [2.45, 2.75) is 18.9 Å². The zero-order valence-electron chi connectivity index (χ0n) is 15.5. The van der Waals surface area contributed by atoms with E-state index in [0.717, 1.165) is 18.4 Å². The van der Waals surface area contributed by atoms with E-state index in [2.05, 4.69) is 10.2 Å². The van der Waals surface area contributed by atoms with Crippen LogP contribution >= 0.6 is 0 Å². The van der Waals surface area contributed by atoms with Crippen molar-refractivity contribution in [2.75, 3.05) is 31.2 Å². The van der Waals surface area contributed by atoms with Crippen molar-refractivity contribution in [3.05, 3.63) is 69.8 Å². The van der Waals surface area contributed by atoms with E-state index in [4.69, 9.17) is 4.74 Å². The van der Waals surface area contributed by atoms with Gasteiger partial charge < -0.3 is 15.0 Å². The number of carbonyl (C=O) groups is 1. The van der Waals surface area contributed by atoms with Crippen molar-refractivity contribution < 1.29 is 14.5 Å². The molecule has 0 spiro atoms. The zero-order chi connectivity index (χ0) is 19.5. The summed E-state index contributed by atoms with van der Waals surface area (Å²) < 4.78 is 5.40. The van der Waals surface area contributed by atoms with E-state index < -0.39 is 4.92 Å². The Hall–Kier alpha value is -2.93. The molecule has 0 bridgehead atoms. The smallest absolute Gasteiger partial charge is 0.270 e. The first-order valence-corrected chi connectivity index (χ1v) is 9.60. The monoisotopic (exact) mass is 381 g/mol. The predicted octanol–water partition coefficient (Wildman–Crippen LogP) is 3.31. The number of nitrogens with zero attached hydrogens (tertiary/aromatic N) is 2. The highest BCUT2D eigenvalue weighted by molar-refractivity contribution is 6.00. The fraction of sp³-hybridized carbons (Fsp3) is 0.381. The van der Waals surface area contributed by atoms with Gasteiger partial charge in [0.15, 0.2) is 0 Å². The summed E-state index contributed by atoms with van der Waals surface area (Å²) in [5.41, 5.74) is 2.05. The molecule has 1 saturated carbocycles. The first-order valence-electron chi connectivity index (χ1n) is 9.60. The summed E-state index contributed by atoms with van der Waals surface area (Å²) in [4.78, 5) is 26.1. The van der Waals surface area contributed by atoms with Gasteiger partial charge in [0.2, 0.25) is 0 Å². The number of carbonyl (C=O) groups excluding carboxylic acids is 1. The molecule has 28 heavy (non-hydrogen) atoms. The Balaban J connectivity index is 1.64. The minimum Gasteiger partial charge on any atom is -0.378 e. The lowest BCUT2D eigenvalue weighted by Gasteiger charge is -2.30. The molecule has 0 radical (unpaired) electrons. The van der Waals surface area contributed by atoms with E-state index in [0.29, 0.717) is 43.5 Å². The molecule has 1 unspecified atom stereocenters. The normalized spacial score (nSPS) is 17.8. The van der Waals surface area contributed by atoms with E-state index in [1.54, 1.807) is 6.07 Å². The fourth-order valence-electron chi connectivity index (χ4n) is 3.68. The molecule has 1 aliphatic heterocycles. The average Bonchev–Trinajstić information content (AvgIpc) is 3.58. The maximum atomic E-state index is 13.2. The van der Waals surface area contributed by atoms with Crippen LogP contribution in [0.3, 0.4) is 0 Å². The molecule has 1 heterocycles. The Labute approximate surface area is 163 Å². The molecule has 146 valence electrons. The summed E-state index contributed by atoms with van der Waals surface area (Å²) in [6, 6.07) is 14.3. The third-order valence-corrected chi connectivity index (χ3v) is 5.33. The topological polar surface area (TPSA) is 84.7 Å². The lowest BCUT2D eigenvalue weighted by molar-refractivity contribution is -0.384. The molecule has 1 aliphatic carbocycles. The molecular weight excluding hydrogens is 358 g/mol. The van der Waals surface area contributed by atoms with Crippen LogP contribution in [-0.2, 0) is 4.74 Å². The van der Waals surface area contributed by atoms with Crippen LogP contribution in [0.15, 0.2) is 48.5 Å². The van der Waals surface area contributed by atoms with Gasteiger partial charge in [0.05, 0.1) is 35.4 Å². The number of morpholine rings is 1. The van der Waals surface area contributed by atoms with Crippen molar-refractivity contribution in [3.63, 3.8) is 0 Å². The van der Waals surface area contributed by atoms with Gasteiger partial charge in [0, 0.05) is 25.2 Å². The van der Waals surface area contributed by atoms with Crippen LogP contribution in [0.25, 0.3) is 0 Å². The number of hydrogen-bond donors (Lipinski definition) is 1. The number of anilines is 1. The van der Waals surface area contributed by atoms with Gasteiger partial charge in [-0.25, -0.2) is 0 Å². The lowest BCUT2D eigenvalue weighted by Crippen LogP contribution is -2.38. The molecule has 0 aromatic heterocycles. The van der Waals surface area contributed by atoms with Gasteiger partial charge in [-0.05, 0) is 30.4 Å². The molecule has 1 atom stereocenters. The van der Waals surface area contributed by atoms with Gasteiger partial charge in [-0.1, -0.05) is 30.3 Å². The van der Waals surface area contributed by atoms with E-state index >= 15 is 0 Å². The van der Waals surface area contributed by atoms with Crippen molar-refractivity contribution in [2.24, 2.45) is 5.92 Å². The second kappa shape index (κ2) is 7.98. The molecule has 1 saturated heterocycles. The number of rotatable bonds is 6. The van der Waals surface area contributed by atoms with Gasteiger partial charge in [0.1, 0.15) is 0 Å². The summed E-state index contributed by atoms with van der Waals surface area (Å²) in [5, 5.41) is 14.4. The summed E-state index contributed by atoms with van der Waals surface area (Å²) >= 11 is 0. The largest absolute Gasteiger partial charge is 0.378 e. The number of ether oxygens (including phenoxy) is 1. The second-order valence-corrected chi connectivity index (χ2v) is 7.26. The van der Waals surface area contributed by atoms with Crippen LogP contribution in [0.5, 0.6) is 0 Å². The van der Waals surface area contributed by atoms with Gasteiger partial charge in [-0.2, -0.15) is 0 Å². The van der Waals surface area contributed by atoms with Crippen LogP contribution in [0, 0.1) is 16.0 Å². The molecule has 4 rings (SSSR count). The summed E-state index contributed by atoms with van der Waals surface area (Å²) in [7, 11) is 0. The summed E-state index contributed by atoms with van der Waals surface area (Å²) in [5.74, 6) is 0.142. The Morgan fingerprint density at radius 2 is 1.86 bits per heavy atom. The summed E-state index contributed by atoms with van der Waals surface area (Å²) in [6.07, 6.45) is 2.15. The van der Waals surface area contributed by atoms with Gasteiger partial charge in [0.25, 0.3) is 11.6 Å². The van der Waals surface area contributed by atoms with Gasteiger partial charge >= 0.3 is 0 Å². The number of amides is 1. The van der Waals surface area contributed by atoms with Crippen LogP contribution < -0.4 is 10.2 Å². The van der Waals surface area contributed by atoms with E-state index in [1.165, 1.54) is 12.1 Å². The molecule has 7 heteroatoms. The molecule has 7 nitrogen and oxygen atoms in total. The van der Waals surface area contributed by atoms with Crippen LogP contribution in [0.1, 0.15) is 34.8 Å². The number of nitro benzene ring substituents is 1. The Kier molecular flexibility index (Phi) is 5.25. The van der Waals surface area contributed by atoms with E-state index in [1.807, 2.05) is 30.3 Å². The minimum atomic E-state index is -0.463. The zero-order valence-corrected chi connectivity index (χ0v) is 15.5. The number of non-ortho nitro benzene ring substituents is 1. The Morgan fingerprint density at radius 1 is 1.14 bits per heavy atom. The summed E-state index contributed by atoms with van der Waals surface area (Å²) in [6.45, 7) is 2.46. The number of hydrogen-bond acceptors (Lipinski definition) is 5. The maximum absolute atomic E-state index is 13.2. The van der Waals surface area contributed by atoms with Crippen molar-refractivity contribution in [3.8, 4) is 0 Å². The van der Waals surface area contributed by atoms with Crippen LogP contribution in [-0.4, -0.2) is 37.1 Å². The average molecular weight is 381 g/mol. The first-order chi connectivity index (χ1) is 13.6. The fourth-order valence-corrected chi connectivity index (χ4v) is 3.68. The molecule has 2 aromatic rings. The van der Waals surface area contributed by atoms with Gasteiger partial charge in [-0.3, -0.25) is 14.9 Å². The van der Waals surface area contributed by atoms with E-state index in [-0.39, 0.29) is 17.6 Å². The van der Waals surface area contributed by atoms with E-state index in [9.17, 15) is 14.9 Å². The highest BCUT2D eigenvalue weighted by atomic mass is 16.6. The molecule has 1 N–H and O–H groups in total. The minimum absolute atomic E-state index is 0.0782. The molecule has 2 aliphatic rings. The van der Waals surface area contributed by atoms with Crippen LogP contribution in [0.2, 0.25) is 0 Å². The SMILES string of the molecule is O=C(NC(c1ccccc1)C1CC1)c1cc([N+](=O)[O-])ccc1N1CCOCC1. The second-order valence-electron chi connectivity index (χ2n) is 7.26. The molecule has 2 aromatic carbocycles. The van der Waals surface area contributed by atoms with Crippen molar-refractivity contribution in [1.29, 1.82) is 0 Å². The molecule has 1 amide bonds. The highest BCUT2D eigenvalue weighted by Gasteiger charge is 2.34. The standard InChI is InChI=1S/C21H23N3O4/c25-21(22-20(16-6-7-16)15-4-2-1-3-5-15)18-14-17(24(26)27)8-9-19(18)23-10-12-28-13-11-23/h1-5,8-9,14,16,20H,6-7,10-13H2,(H,22,25). The molecule has 2 fully saturated rings. The Morgan fingerprint density at radius 3 is 2.50 bits per heavy atom. The van der Waals surface area contributed by atoms with Crippen molar-refractivity contribution >= 4 is 17.3 Å². The number of benzene rings is 2. The Bertz CT molecular complexity index is 861. The third-order valence-electron chi connectivity index (χ3n) is 5.33. The maximum Gasteiger partial charge on any atom is 0.270 e. The number of nitrogens with one attached hydrogen (secondary N) is 1. The van der Waals surface area contributed by atoms with Gasteiger partial charge in [-0.15, -0.1) is 0 Å². The highest BCUT2D eigenvalue weighted by Crippen LogP contribution is 2.41. The van der Waals surface area contributed by atoms with Crippen molar-refractivity contribution in [1.82, 2.24) is 5.32 Å². The predicted molar refractivity (Wildman–Crippen MR) is 106 cm³/mol. The molecular formula is C21H23N3O4. The lowest BCUT2D eigenvalue weighted by atomic mass is 10.0.